The maximum absolute atomic E-state index is 12.0. The van der Waals surface area contributed by atoms with E-state index in [0.717, 1.165) is 19.5 Å². The zero-order valence-corrected chi connectivity index (χ0v) is 12.7. The molecule has 1 rings (SSSR count). The first kappa shape index (κ1) is 16.0. The van der Waals surface area contributed by atoms with Gasteiger partial charge in [0.15, 0.2) is 0 Å². The Hall–Kier alpha value is -1.10. The summed E-state index contributed by atoms with van der Waals surface area (Å²) in [6.45, 7) is 11.6. The van der Waals surface area contributed by atoms with Crippen molar-refractivity contribution in [1.82, 2.24) is 15.5 Å². The molecule has 0 bridgehead atoms. The second kappa shape index (κ2) is 6.37. The molecule has 0 saturated carbocycles. The van der Waals surface area contributed by atoms with Gasteiger partial charge < -0.3 is 5.32 Å². The number of piperidine rings is 1. The SMILES string of the molecule is C[C@H]1CCCN([C@@H](C)C(=O)NC(=O)NC(C)(C)C)C1. The second-order valence-electron chi connectivity index (χ2n) is 6.61. The fourth-order valence-electron chi connectivity index (χ4n) is 2.33. The van der Waals surface area contributed by atoms with Gasteiger partial charge in [-0.1, -0.05) is 6.92 Å². The van der Waals surface area contributed by atoms with E-state index in [1.165, 1.54) is 6.42 Å². The van der Waals surface area contributed by atoms with Crippen molar-refractivity contribution in [2.45, 2.75) is 59.0 Å². The second-order valence-corrected chi connectivity index (χ2v) is 6.61. The molecule has 3 amide bonds. The highest BCUT2D eigenvalue weighted by atomic mass is 16.2. The number of nitrogens with one attached hydrogen (secondary N) is 2. The quantitative estimate of drug-likeness (QED) is 0.802. The van der Waals surface area contributed by atoms with E-state index in [4.69, 9.17) is 0 Å². The predicted molar refractivity (Wildman–Crippen MR) is 75.9 cm³/mol. The number of carbonyl (C=O) groups is 2. The van der Waals surface area contributed by atoms with Crippen molar-refractivity contribution in [3.63, 3.8) is 0 Å². The Kier molecular flexibility index (Phi) is 5.35. The van der Waals surface area contributed by atoms with E-state index in [1.54, 1.807) is 0 Å². The Bertz CT molecular complexity index is 336. The molecular formula is C14H27N3O2. The van der Waals surface area contributed by atoms with Crippen LogP contribution in [0.3, 0.4) is 0 Å². The van der Waals surface area contributed by atoms with E-state index >= 15 is 0 Å². The van der Waals surface area contributed by atoms with Crippen LogP contribution < -0.4 is 10.6 Å². The Morgan fingerprint density at radius 2 is 1.95 bits per heavy atom. The van der Waals surface area contributed by atoms with E-state index in [1.807, 2.05) is 27.7 Å². The third-order valence-corrected chi connectivity index (χ3v) is 3.34. The summed E-state index contributed by atoms with van der Waals surface area (Å²) >= 11 is 0. The summed E-state index contributed by atoms with van der Waals surface area (Å²) < 4.78 is 0. The summed E-state index contributed by atoms with van der Waals surface area (Å²) in [4.78, 5) is 25.8. The topological polar surface area (TPSA) is 61.4 Å². The van der Waals surface area contributed by atoms with Gasteiger partial charge >= 0.3 is 6.03 Å². The van der Waals surface area contributed by atoms with Crippen LogP contribution in [0, 0.1) is 5.92 Å². The van der Waals surface area contributed by atoms with Crippen molar-refractivity contribution in [2.24, 2.45) is 5.92 Å². The van der Waals surface area contributed by atoms with Gasteiger partial charge in [0.25, 0.3) is 0 Å². The number of hydrogen-bond donors (Lipinski definition) is 2. The molecule has 0 aromatic heterocycles. The number of urea groups is 1. The number of likely N-dealkylation sites (tertiary alicyclic amines) is 1. The zero-order chi connectivity index (χ0) is 14.6. The molecule has 1 fully saturated rings. The lowest BCUT2D eigenvalue weighted by Gasteiger charge is -2.34. The number of rotatable bonds is 2. The molecule has 1 heterocycles. The van der Waals surface area contributed by atoms with Gasteiger partial charge in [-0.25, -0.2) is 4.79 Å². The van der Waals surface area contributed by atoms with Gasteiger partial charge in [0, 0.05) is 12.1 Å². The number of hydrogen-bond acceptors (Lipinski definition) is 3. The van der Waals surface area contributed by atoms with Gasteiger partial charge in [0.2, 0.25) is 5.91 Å². The van der Waals surface area contributed by atoms with Gasteiger partial charge in [-0.2, -0.15) is 0 Å². The fourth-order valence-corrected chi connectivity index (χ4v) is 2.33. The summed E-state index contributed by atoms with van der Waals surface area (Å²) in [7, 11) is 0. The van der Waals surface area contributed by atoms with E-state index in [-0.39, 0.29) is 17.5 Å². The number of carbonyl (C=O) groups excluding carboxylic acids is 2. The molecule has 1 saturated heterocycles. The van der Waals surface area contributed by atoms with Crippen LogP contribution in [0.25, 0.3) is 0 Å². The van der Waals surface area contributed by atoms with Crippen molar-refractivity contribution < 1.29 is 9.59 Å². The summed E-state index contributed by atoms with van der Waals surface area (Å²) in [5, 5.41) is 5.14. The first-order valence-electron chi connectivity index (χ1n) is 7.06. The summed E-state index contributed by atoms with van der Waals surface area (Å²) in [6.07, 6.45) is 2.34. The molecule has 0 unspecified atom stereocenters. The maximum atomic E-state index is 12.0. The van der Waals surface area contributed by atoms with Gasteiger partial charge in [-0.05, 0) is 53.0 Å². The van der Waals surface area contributed by atoms with Crippen molar-refractivity contribution in [3.8, 4) is 0 Å². The highest BCUT2D eigenvalue weighted by Crippen LogP contribution is 2.17. The van der Waals surface area contributed by atoms with Crippen LogP contribution in [0.5, 0.6) is 0 Å². The normalized spacial score (nSPS) is 22.7. The van der Waals surface area contributed by atoms with Gasteiger partial charge in [0.1, 0.15) is 0 Å². The largest absolute Gasteiger partial charge is 0.333 e. The smallest absolute Gasteiger partial charge is 0.321 e. The number of nitrogens with zero attached hydrogens (tertiary/aromatic N) is 1. The molecule has 5 nitrogen and oxygen atoms in total. The molecule has 0 aromatic carbocycles. The van der Waals surface area contributed by atoms with E-state index in [9.17, 15) is 9.59 Å². The Morgan fingerprint density at radius 3 is 2.47 bits per heavy atom. The van der Waals surface area contributed by atoms with Gasteiger partial charge in [-0.3, -0.25) is 15.0 Å². The van der Waals surface area contributed by atoms with Crippen LogP contribution >= 0.6 is 0 Å². The standard InChI is InChI=1S/C14H27N3O2/c1-10-7-6-8-17(9-10)11(2)12(18)15-13(19)16-14(3,4)5/h10-11H,6-9H2,1-5H3,(H2,15,16,18,19)/t10-,11-/m0/s1. The Balaban J connectivity index is 2.46. The van der Waals surface area contributed by atoms with E-state index in [2.05, 4.69) is 22.5 Å². The third-order valence-electron chi connectivity index (χ3n) is 3.34. The first-order valence-corrected chi connectivity index (χ1v) is 7.06. The van der Waals surface area contributed by atoms with Crippen LogP contribution in [0.1, 0.15) is 47.5 Å². The van der Waals surface area contributed by atoms with Crippen molar-refractivity contribution in [3.05, 3.63) is 0 Å². The molecule has 5 heteroatoms. The molecule has 0 spiro atoms. The van der Waals surface area contributed by atoms with E-state index < -0.39 is 6.03 Å². The molecule has 19 heavy (non-hydrogen) atoms. The van der Waals surface area contributed by atoms with Gasteiger partial charge in [-0.15, -0.1) is 0 Å². The monoisotopic (exact) mass is 269 g/mol. The van der Waals surface area contributed by atoms with Gasteiger partial charge in [0.05, 0.1) is 6.04 Å². The lowest BCUT2D eigenvalue weighted by Crippen LogP contribution is -2.54. The summed E-state index contributed by atoms with van der Waals surface area (Å²) in [5.74, 6) is 0.392. The van der Waals surface area contributed by atoms with Crippen LogP contribution in [-0.2, 0) is 4.79 Å². The maximum Gasteiger partial charge on any atom is 0.321 e. The average Bonchev–Trinajstić information content (AvgIpc) is 2.25. The summed E-state index contributed by atoms with van der Waals surface area (Å²) in [5.41, 5.74) is -0.340. The highest BCUT2D eigenvalue weighted by molar-refractivity contribution is 5.97. The number of amides is 3. The minimum absolute atomic E-state index is 0.226. The molecule has 0 aliphatic carbocycles. The third kappa shape index (κ3) is 5.59. The zero-order valence-electron chi connectivity index (χ0n) is 12.7. The van der Waals surface area contributed by atoms with Crippen LogP contribution in [0.2, 0.25) is 0 Å². The lowest BCUT2D eigenvalue weighted by atomic mass is 9.99. The lowest BCUT2D eigenvalue weighted by molar-refractivity contribution is -0.125. The molecule has 2 N–H and O–H groups in total. The van der Waals surface area contributed by atoms with Crippen LogP contribution in [0.15, 0.2) is 0 Å². The van der Waals surface area contributed by atoms with Crippen LogP contribution in [0.4, 0.5) is 4.79 Å². The molecule has 2 atom stereocenters. The first-order chi connectivity index (χ1) is 8.69. The van der Waals surface area contributed by atoms with Crippen LogP contribution in [-0.4, -0.2) is 41.5 Å². The molecular weight excluding hydrogens is 242 g/mol. The van der Waals surface area contributed by atoms with Crippen molar-refractivity contribution in [2.75, 3.05) is 13.1 Å². The Morgan fingerprint density at radius 1 is 1.32 bits per heavy atom. The van der Waals surface area contributed by atoms with E-state index in [0.29, 0.717) is 5.92 Å². The molecule has 0 radical (unpaired) electrons. The minimum Gasteiger partial charge on any atom is -0.333 e. The molecule has 110 valence electrons. The fraction of sp³-hybridized carbons (Fsp3) is 0.857. The average molecular weight is 269 g/mol. The summed E-state index contributed by atoms with van der Waals surface area (Å²) in [6, 6.07) is -0.678. The van der Waals surface area contributed by atoms with Crippen molar-refractivity contribution in [1.29, 1.82) is 0 Å². The molecule has 1 aliphatic rings. The predicted octanol–water partition coefficient (Wildman–Crippen LogP) is 1.73. The Labute approximate surface area is 116 Å². The molecule has 1 aliphatic heterocycles. The van der Waals surface area contributed by atoms with Crippen molar-refractivity contribution >= 4 is 11.9 Å². The highest BCUT2D eigenvalue weighted by Gasteiger charge is 2.27. The molecule has 0 aromatic rings. The minimum atomic E-state index is -0.422. The number of imide groups is 1.